The molecule has 0 spiro atoms. The Morgan fingerprint density at radius 1 is 0.905 bits per heavy atom. The maximum atomic E-state index is 13.5. The third-order valence-electron chi connectivity index (χ3n) is 7.69. The van der Waals surface area contributed by atoms with Gasteiger partial charge in [0.15, 0.2) is 0 Å². The minimum atomic E-state index is -4.44. The van der Waals surface area contributed by atoms with Crippen LogP contribution >= 0.6 is 0 Å². The van der Waals surface area contributed by atoms with Crippen LogP contribution in [0.1, 0.15) is 60.6 Å². The van der Waals surface area contributed by atoms with Crippen LogP contribution in [0.2, 0.25) is 0 Å². The summed E-state index contributed by atoms with van der Waals surface area (Å²) in [5, 5.41) is 2.98. The highest BCUT2D eigenvalue weighted by Gasteiger charge is 2.33. The van der Waals surface area contributed by atoms with E-state index in [1.54, 1.807) is 34.1 Å². The number of hydrogen-bond donors (Lipinski definition) is 1. The number of piperidine rings is 1. The van der Waals surface area contributed by atoms with E-state index in [1.165, 1.54) is 12.1 Å². The van der Waals surface area contributed by atoms with E-state index in [2.05, 4.69) is 5.32 Å². The molecular formula is C33H36F3N3O3. The maximum absolute atomic E-state index is 13.5. The molecular weight excluding hydrogens is 543 g/mol. The molecule has 222 valence electrons. The molecule has 1 aliphatic rings. The van der Waals surface area contributed by atoms with Crippen molar-refractivity contribution in [3.05, 3.63) is 95.6 Å². The van der Waals surface area contributed by atoms with Crippen molar-refractivity contribution in [2.75, 3.05) is 26.2 Å². The minimum absolute atomic E-state index is 0.147. The Bertz CT molecular complexity index is 1370. The Morgan fingerprint density at radius 2 is 1.52 bits per heavy atom. The average Bonchev–Trinajstić information content (AvgIpc) is 3.02. The fourth-order valence-electron chi connectivity index (χ4n) is 5.35. The third-order valence-corrected chi connectivity index (χ3v) is 7.69. The van der Waals surface area contributed by atoms with Crippen molar-refractivity contribution in [3.63, 3.8) is 0 Å². The lowest BCUT2D eigenvalue weighted by Gasteiger charge is -2.33. The smallest absolute Gasteiger partial charge is 0.341 e. The molecule has 1 saturated heterocycles. The number of carbonyl (C=O) groups excluding carboxylic acids is 3. The highest BCUT2D eigenvalue weighted by atomic mass is 19.4. The van der Waals surface area contributed by atoms with Gasteiger partial charge in [-0.25, -0.2) is 0 Å². The number of alkyl halides is 3. The van der Waals surface area contributed by atoms with Gasteiger partial charge in [-0.15, -0.1) is 0 Å². The summed E-state index contributed by atoms with van der Waals surface area (Å²) in [5.41, 5.74) is 1.43. The van der Waals surface area contributed by atoms with E-state index >= 15 is 0 Å². The minimum Gasteiger partial charge on any atom is -0.341 e. The van der Waals surface area contributed by atoms with Gasteiger partial charge in [0.25, 0.3) is 5.91 Å². The second-order valence-electron chi connectivity index (χ2n) is 10.5. The number of likely N-dealkylation sites (N-methyl/N-ethyl adjacent to an activating group) is 1. The van der Waals surface area contributed by atoms with Crippen molar-refractivity contribution in [1.29, 1.82) is 0 Å². The molecule has 4 rings (SSSR count). The van der Waals surface area contributed by atoms with E-state index < -0.39 is 17.8 Å². The van der Waals surface area contributed by atoms with Crippen LogP contribution in [0.5, 0.6) is 0 Å². The summed E-state index contributed by atoms with van der Waals surface area (Å²) in [5.74, 6) is -0.965. The fraction of sp³-hybridized carbons (Fsp3) is 0.364. The number of hydrogen-bond acceptors (Lipinski definition) is 3. The standard InChI is InChI=1S/C33H36F3N3O3/c1-3-20-38(4-2)32(42)29(24-10-6-5-7-11-24)37-30(40)25-18-21-39(22-19-25)31(41)28-13-9-8-12-27(28)23-14-16-26(17-15-23)33(34,35)36/h5-17,25,29H,3-4,18-22H2,1-2H3,(H,37,40)/t29-/m0/s1. The van der Waals surface area contributed by atoms with Gasteiger partial charge in [-0.05, 0) is 61.1 Å². The predicted octanol–water partition coefficient (Wildman–Crippen LogP) is 6.34. The topological polar surface area (TPSA) is 69.7 Å². The van der Waals surface area contributed by atoms with Crippen LogP contribution in [0.4, 0.5) is 13.2 Å². The van der Waals surface area contributed by atoms with Crippen molar-refractivity contribution in [2.45, 2.75) is 45.3 Å². The first kappa shape index (κ1) is 30.8. The lowest BCUT2D eigenvalue weighted by molar-refractivity contribution is -0.138. The molecule has 0 saturated carbocycles. The molecule has 1 aliphatic heterocycles. The molecule has 0 unspecified atom stereocenters. The summed E-state index contributed by atoms with van der Waals surface area (Å²) in [4.78, 5) is 43.7. The van der Waals surface area contributed by atoms with E-state index in [0.717, 1.165) is 24.1 Å². The SMILES string of the molecule is CCCN(CC)C(=O)[C@@H](NC(=O)C1CCN(C(=O)c2ccccc2-c2ccc(C(F)(F)F)cc2)CC1)c1ccccc1. The molecule has 0 aromatic heterocycles. The highest BCUT2D eigenvalue weighted by molar-refractivity contribution is 6.01. The Labute approximate surface area is 244 Å². The molecule has 0 radical (unpaired) electrons. The van der Waals surface area contributed by atoms with Crippen LogP contribution in [0, 0.1) is 5.92 Å². The Kier molecular flexibility index (Phi) is 10.0. The average molecular weight is 580 g/mol. The van der Waals surface area contributed by atoms with Crippen molar-refractivity contribution in [3.8, 4) is 11.1 Å². The van der Waals surface area contributed by atoms with Crippen LogP contribution in [0.25, 0.3) is 11.1 Å². The molecule has 3 aromatic carbocycles. The molecule has 1 atom stereocenters. The number of benzene rings is 3. The maximum Gasteiger partial charge on any atom is 0.416 e. The zero-order chi connectivity index (χ0) is 30.3. The largest absolute Gasteiger partial charge is 0.416 e. The molecule has 0 aliphatic carbocycles. The number of likely N-dealkylation sites (tertiary alicyclic amines) is 1. The zero-order valence-electron chi connectivity index (χ0n) is 23.9. The predicted molar refractivity (Wildman–Crippen MR) is 155 cm³/mol. The van der Waals surface area contributed by atoms with E-state index in [9.17, 15) is 27.6 Å². The first-order valence-corrected chi connectivity index (χ1v) is 14.3. The van der Waals surface area contributed by atoms with Gasteiger partial charge in [-0.1, -0.05) is 67.6 Å². The normalized spacial score (nSPS) is 14.7. The highest BCUT2D eigenvalue weighted by Crippen LogP contribution is 2.32. The van der Waals surface area contributed by atoms with Gasteiger partial charge in [0, 0.05) is 37.7 Å². The molecule has 42 heavy (non-hydrogen) atoms. The summed E-state index contributed by atoms with van der Waals surface area (Å²) in [6.45, 7) is 5.75. The van der Waals surface area contributed by atoms with Crippen molar-refractivity contribution < 1.29 is 27.6 Å². The number of nitrogens with one attached hydrogen (secondary N) is 1. The summed E-state index contributed by atoms with van der Waals surface area (Å²) >= 11 is 0. The van der Waals surface area contributed by atoms with Crippen LogP contribution < -0.4 is 5.32 Å². The molecule has 3 aromatic rings. The van der Waals surface area contributed by atoms with Gasteiger partial charge in [0.1, 0.15) is 6.04 Å². The van der Waals surface area contributed by atoms with Gasteiger partial charge in [0.05, 0.1) is 5.56 Å². The monoisotopic (exact) mass is 579 g/mol. The van der Waals surface area contributed by atoms with Crippen molar-refractivity contribution >= 4 is 17.7 Å². The number of carbonyl (C=O) groups is 3. The van der Waals surface area contributed by atoms with Crippen LogP contribution in [-0.2, 0) is 15.8 Å². The van der Waals surface area contributed by atoms with Crippen molar-refractivity contribution in [2.24, 2.45) is 5.92 Å². The van der Waals surface area contributed by atoms with Crippen molar-refractivity contribution in [1.82, 2.24) is 15.1 Å². The first-order chi connectivity index (χ1) is 20.1. The van der Waals surface area contributed by atoms with Crippen LogP contribution in [0.15, 0.2) is 78.9 Å². The number of rotatable bonds is 9. The lowest BCUT2D eigenvalue weighted by Crippen LogP contribution is -2.47. The Morgan fingerprint density at radius 3 is 2.12 bits per heavy atom. The van der Waals surface area contributed by atoms with Gasteiger partial charge >= 0.3 is 6.18 Å². The number of amides is 3. The number of halogens is 3. The molecule has 6 nitrogen and oxygen atoms in total. The molecule has 1 fully saturated rings. The van der Waals surface area contributed by atoms with E-state index in [-0.39, 0.29) is 23.6 Å². The second kappa shape index (κ2) is 13.7. The van der Waals surface area contributed by atoms with Gasteiger partial charge < -0.3 is 15.1 Å². The van der Waals surface area contributed by atoms with Crippen LogP contribution in [-0.4, -0.2) is 53.7 Å². The quantitative estimate of drug-likeness (QED) is 0.322. The number of nitrogens with zero attached hydrogens (tertiary/aromatic N) is 2. The molecule has 1 N–H and O–H groups in total. The Hall–Kier alpha value is -4.14. The fourth-order valence-corrected chi connectivity index (χ4v) is 5.35. The van der Waals surface area contributed by atoms with E-state index in [0.29, 0.717) is 55.7 Å². The third kappa shape index (κ3) is 7.19. The summed E-state index contributed by atoms with van der Waals surface area (Å²) < 4.78 is 39.1. The summed E-state index contributed by atoms with van der Waals surface area (Å²) in [6.07, 6.45) is -2.77. The lowest BCUT2D eigenvalue weighted by atomic mass is 9.93. The Balaban J connectivity index is 1.44. The zero-order valence-corrected chi connectivity index (χ0v) is 23.9. The van der Waals surface area contributed by atoms with Gasteiger partial charge in [0.2, 0.25) is 11.8 Å². The van der Waals surface area contributed by atoms with Crippen LogP contribution in [0.3, 0.4) is 0 Å². The summed E-state index contributed by atoms with van der Waals surface area (Å²) in [6, 6.07) is 20.0. The molecule has 0 bridgehead atoms. The van der Waals surface area contributed by atoms with E-state index in [4.69, 9.17) is 0 Å². The molecule has 9 heteroatoms. The molecule has 3 amide bonds. The molecule has 1 heterocycles. The van der Waals surface area contributed by atoms with Gasteiger partial charge in [-0.3, -0.25) is 14.4 Å². The van der Waals surface area contributed by atoms with Gasteiger partial charge in [-0.2, -0.15) is 13.2 Å². The van der Waals surface area contributed by atoms with E-state index in [1.807, 2.05) is 44.2 Å². The second-order valence-corrected chi connectivity index (χ2v) is 10.5. The first-order valence-electron chi connectivity index (χ1n) is 14.3. The summed E-state index contributed by atoms with van der Waals surface area (Å²) in [7, 11) is 0.